The molecule has 0 saturated carbocycles. The Bertz CT molecular complexity index is 1210. The number of rotatable bonds is 3. The van der Waals surface area contributed by atoms with Crippen LogP contribution < -0.4 is 10.9 Å². The number of pyridine rings is 1. The van der Waals surface area contributed by atoms with E-state index >= 15 is 0 Å². The van der Waals surface area contributed by atoms with Crippen molar-refractivity contribution in [3.05, 3.63) is 51.9 Å². The Hall–Kier alpha value is -2.45. The maximum atomic E-state index is 12.9. The van der Waals surface area contributed by atoms with Gasteiger partial charge in [-0.05, 0) is 25.0 Å². The molecule has 7 nitrogen and oxygen atoms in total. The summed E-state index contributed by atoms with van der Waals surface area (Å²) in [5, 5.41) is 4.41. The van der Waals surface area contributed by atoms with E-state index in [4.69, 9.17) is 11.6 Å². The predicted molar refractivity (Wildman–Crippen MR) is 111 cm³/mol. The van der Waals surface area contributed by atoms with E-state index in [1.807, 2.05) is 12.1 Å². The molecule has 0 atom stereocenters. The number of anilines is 1. The highest BCUT2D eigenvalue weighted by Gasteiger charge is 2.24. The van der Waals surface area contributed by atoms with Gasteiger partial charge in [-0.1, -0.05) is 29.8 Å². The molecular weight excluding hydrogens is 400 g/mol. The van der Waals surface area contributed by atoms with Crippen molar-refractivity contribution in [2.75, 3.05) is 16.8 Å². The van der Waals surface area contributed by atoms with Gasteiger partial charge < -0.3 is 5.32 Å². The first-order valence-electron chi connectivity index (χ1n) is 8.93. The van der Waals surface area contributed by atoms with E-state index in [-0.39, 0.29) is 23.1 Å². The van der Waals surface area contributed by atoms with Crippen LogP contribution in [-0.4, -0.2) is 40.5 Å². The van der Waals surface area contributed by atoms with Crippen molar-refractivity contribution in [1.29, 1.82) is 0 Å². The molecule has 0 spiro atoms. The van der Waals surface area contributed by atoms with Crippen LogP contribution in [0.4, 0.5) is 5.95 Å². The fourth-order valence-electron chi connectivity index (χ4n) is 3.41. The maximum Gasteiger partial charge on any atom is 0.259 e. The molecule has 1 aliphatic heterocycles. The summed E-state index contributed by atoms with van der Waals surface area (Å²) >= 11 is 6.26. The summed E-state index contributed by atoms with van der Waals surface area (Å²) in [7, 11) is -1.27. The van der Waals surface area contributed by atoms with E-state index in [9.17, 15) is 13.2 Å². The first-order chi connectivity index (χ1) is 13.3. The summed E-state index contributed by atoms with van der Waals surface area (Å²) in [5.41, 5.74) is 1.45. The van der Waals surface area contributed by atoms with Crippen LogP contribution >= 0.6 is 11.6 Å². The lowest BCUT2D eigenvalue weighted by molar-refractivity contribution is 0.558. The quantitative estimate of drug-likeness (QED) is 0.702. The van der Waals surface area contributed by atoms with E-state index in [1.54, 1.807) is 31.4 Å². The standard InChI is InChI=1S/C19H19ClN4O3S/c1-24-17-12(10-15(18(24)25)14-4-2-3-5-16(14)20)11-21-19(23-17)22-13-6-8-28(26,27)9-7-13/h2-5,10-11,13H,6-9H2,1H3,(H,21,22,23). The molecule has 0 radical (unpaired) electrons. The molecule has 146 valence electrons. The van der Waals surface area contributed by atoms with E-state index in [0.29, 0.717) is 46.0 Å². The van der Waals surface area contributed by atoms with Crippen LogP contribution in [0.1, 0.15) is 12.8 Å². The fourth-order valence-corrected chi connectivity index (χ4v) is 5.13. The number of fused-ring (bicyclic) bond motifs is 1. The average Bonchev–Trinajstić information content (AvgIpc) is 2.67. The summed E-state index contributed by atoms with van der Waals surface area (Å²) in [6.07, 6.45) is 2.70. The van der Waals surface area contributed by atoms with Crippen molar-refractivity contribution < 1.29 is 8.42 Å². The number of aromatic nitrogens is 3. The van der Waals surface area contributed by atoms with Crippen LogP contribution in [0, 0.1) is 0 Å². The van der Waals surface area contributed by atoms with Crippen molar-refractivity contribution >= 4 is 38.4 Å². The third-order valence-corrected chi connectivity index (χ3v) is 7.05. The molecule has 1 saturated heterocycles. The lowest BCUT2D eigenvalue weighted by Gasteiger charge is -2.23. The Labute approximate surface area is 167 Å². The summed E-state index contributed by atoms with van der Waals surface area (Å²) in [6.45, 7) is 0. The van der Waals surface area contributed by atoms with Crippen molar-refractivity contribution in [1.82, 2.24) is 14.5 Å². The van der Waals surface area contributed by atoms with Gasteiger partial charge in [0.2, 0.25) is 5.95 Å². The molecule has 1 aromatic carbocycles. The van der Waals surface area contributed by atoms with E-state index < -0.39 is 9.84 Å². The number of halogens is 1. The van der Waals surface area contributed by atoms with E-state index in [2.05, 4.69) is 15.3 Å². The topological polar surface area (TPSA) is 94.0 Å². The van der Waals surface area contributed by atoms with Gasteiger partial charge in [0, 0.05) is 40.8 Å². The molecule has 1 fully saturated rings. The zero-order valence-electron chi connectivity index (χ0n) is 15.2. The van der Waals surface area contributed by atoms with Crippen LogP contribution in [0.15, 0.2) is 41.3 Å². The highest BCUT2D eigenvalue weighted by Crippen LogP contribution is 2.27. The number of hydrogen-bond donors (Lipinski definition) is 1. The van der Waals surface area contributed by atoms with Crippen LogP contribution in [0.2, 0.25) is 5.02 Å². The molecule has 0 unspecified atom stereocenters. The van der Waals surface area contributed by atoms with E-state index in [0.717, 1.165) is 0 Å². The van der Waals surface area contributed by atoms with Crippen molar-refractivity contribution in [3.8, 4) is 11.1 Å². The van der Waals surface area contributed by atoms with Crippen LogP contribution in [0.25, 0.3) is 22.2 Å². The molecule has 1 aliphatic rings. The molecule has 9 heteroatoms. The zero-order valence-corrected chi connectivity index (χ0v) is 16.8. The SMILES string of the molecule is Cn1c(=O)c(-c2ccccc2Cl)cc2cnc(NC3CCS(=O)(=O)CC3)nc21. The molecule has 4 rings (SSSR count). The van der Waals surface area contributed by atoms with Gasteiger partial charge in [0.05, 0.1) is 11.5 Å². The smallest absolute Gasteiger partial charge is 0.259 e. The lowest BCUT2D eigenvalue weighted by atomic mass is 10.1. The zero-order chi connectivity index (χ0) is 19.9. The summed E-state index contributed by atoms with van der Waals surface area (Å²) in [6, 6.07) is 8.94. The Kier molecular flexibility index (Phi) is 4.84. The normalized spacial score (nSPS) is 16.9. The van der Waals surface area contributed by atoms with Crippen molar-refractivity contribution in [2.45, 2.75) is 18.9 Å². The first-order valence-corrected chi connectivity index (χ1v) is 11.1. The molecule has 1 N–H and O–H groups in total. The van der Waals surface area contributed by atoms with Crippen molar-refractivity contribution in [2.24, 2.45) is 7.05 Å². The van der Waals surface area contributed by atoms with Gasteiger partial charge in [-0.25, -0.2) is 13.4 Å². The molecule has 0 aliphatic carbocycles. The molecule has 0 bridgehead atoms. The summed E-state index contributed by atoms with van der Waals surface area (Å²) in [5.74, 6) is 0.716. The monoisotopic (exact) mass is 418 g/mol. The Balaban J connectivity index is 1.69. The fraction of sp³-hybridized carbons (Fsp3) is 0.316. The van der Waals surface area contributed by atoms with Gasteiger partial charge in [-0.3, -0.25) is 9.36 Å². The van der Waals surface area contributed by atoms with Gasteiger partial charge in [0.15, 0.2) is 0 Å². The van der Waals surface area contributed by atoms with Gasteiger partial charge in [0.25, 0.3) is 5.56 Å². The number of benzene rings is 1. The average molecular weight is 419 g/mol. The minimum Gasteiger partial charge on any atom is -0.351 e. The predicted octanol–water partition coefficient (Wildman–Crippen LogP) is 2.64. The molecule has 0 amide bonds. The minimum atomic E-state index is -2.93. The van der Waals surface area contributed by atoms with E-state index in [1.165, 1.54) is 4.57 Å². The number of nitrogens with one attached hydrogen (secondary N) is 1. The number of aryl methyl sites for hydroxylation is 1. The first kappa shape index (κ1) is 18.9. The lowest BCUT2D eigenvalue weighted by Crippen LogP contribution is -2.32. The van der Waals surface area contributed by atoms with Crippen LogP contribution in [0.3, 0.4) is 0 Å². The van der Waals surface area contributed by atoms with Gasteiger partial charge in [0.1, 0.15) is 15.5 Å². The molecule has 28 heavy (non-hydrogen) atoms. The molecule has 3 heterocycles. The molecule has 2 aromatic heterocycles. The second-order valence-corrected chi connectivity index (χ2v) is 9.66. The highest BCUT2D eigenvalue weighted by atomic mass is 35.5. The third kappa shape index (κ3) is 3.62. The van der Waals surface area contributed by atoms with Crippen molar-refractivity contribution in [3.63, 3.8) is 0 Å². The Morgan fingerprint density at radius 2 is 1.89 bits per heavy atom. The largest absolute Gasteiger partial charge is 0.351 e. The minimum absolute atomic E-state index is 0.000372. The van der Waals surface area contributed by atoms with Crippen LogP contribution in [0.5, 0.6) is 0 Å². The summed E-state index contributed by atoms with van der Waals surface area (Å²) in [4.78, 5) is 21.7. The number of hydrogen-bond acceptors (Lipinski definition) is 6. The molecule has 3 aromatic rings. The number of nitrogens with zero attached hydrogens (tertiary/aromatic N) is 3. The second-order valence-electron chi connectivity index (χ2n) is 6.95. The number of sulfone groups is 1. The van der Waals surface area contributed by atoms with Crippen LogP contribution in [-0.2, 0) is 16.9 Å². The highest BCUT2D eigenvalue weighted by molar-refractivity contribution is 7.91. The van der Waals surface area contributed by atoms with Gasteiger partial charge in [-0.15, -0.1) is 0 Å². The Morgan fingerprint density at radius 3 is 2.61 bits per heavy atom. The maximum absolute atomic E-state index is 12.9. The second kappa shape index (κ2) is 7.18. The van der Waals surface area contributed by atoms with Gasteiger partial charge >= 0.3 is 0 Å². The summed E-state index contributed by atoms with van der Waals surface area (Å²) < 4.78 is 24.6. The molecular formula is C19H19ClN4O3S. The third-order valence-electron chi connectivity index (χ3n) is 5.00. The Morgan fingerprint density at radius 1 is 1.18 bits per heavy atom. The van der Waals surface area contributed by atoms with Gasteiger partial charge in [-0.2, -0.15) is 4.98 Å².